The number of likely N-dealkylation sites (N-methyl/N-ethyl adjacent to an activating group) is 1. The Morgan fingerprint density at radius 3 is 2.62 bits per heavy atom. The van der Waals surface area contributed by atoms with Crippen LogP contribution < -0.4 is 10.1 Å². The minimum Gasteiger partial charge on any atom is -0.492 e. The zero-order valence-corrected chi connectivity index (χ0v) is 15.2. The van der Waals surface area contributed by atoms with Gasteiger partial charge in [0.05, 0.1) is 6.54 Å². The zero-order chi connectivity index (χ0) is 18.8. The van der Waals surface area contributed by atoms with Crippen LogP contribution in [0.15, 0.2) is 54.6 Å². The van der Waals surface area contributed by atoms with Gasteiger partial charge in [0.1, 0.15) is 25.5 Å². The van der Waals surface area contributed by atoms with E-state index in [4.69, 9.17) is 21.1 Å². The molecule has 0 fully saturated rings. The first-order valence-electron chi connectivity index (χ1n) is 8.11. The Hall–Kier alpha value is -2.73. The number of hydrogen-bond donors (Lipinski definition) is 1. The van der Waals surface area contributed by atoms with Crippen molar-refractivity contribution in [1.82, 2.24) is 10.2 Å². The fourth-order valence-corrected chi connectivity index (χ4v) is 2.22. The first-order chi connectivity index (χ1) is 12.5. The lowest BCUT2D eigenvalue weighted by atomic mass is 10.2. The number of hydrogen-bond acceptors (Lipinski definition) is 4. The molecule has 6 nitrogen and oxygen atoms in total. The number of alkyl carbamates (subject to hydrolysis) is 1. The SMILES string of the molecule is CN(CCOc1cccc(Cl)c1)C(=O)CNC(=O)OCc1ccccc1. The molecule has 1 N–H and O–H groups in total. The molecule has 0 atom stereocenters. The smallest absolute Gasteiger partial charge is 0.407 e. The Balaban J connectivity index is 1.62. The largest absolute Gasteiger partial charge is 0.492 e. The molecule has 0 radical (unpaired) electrons. The quantitative estimate of drug-likeness (QED) is 0.768. The van der Waals surface area contributed by atoms with Gasteiger partial charge in [0.25, 0.3) is 0 Å². The Labute approximate surface area is 157 Å². The van der Waals surface area contributed by atoms with Gasteiger partial charge in [-0.1, -0.05) is 48.0 Å². The fourth-order valence-electron chi connectivity index (χ4n) is 2.04. The van der Waals surface area contributed by atoms with Crippen molar-refractivity contribution >= 4 is 23.6 Å². The molecule has 0 heterocycles. The van der Waals surface area contributed by atoms with Gasteiger partial charge in [-0.25, -0.2) is 4.79 Å². The number of carbonyl (C=O) groups excluding carboxylic acids is 2. The normalized spacial score (nSPS) is 10.1. The molecule has 0 aromatic heterocycles. The second kappa shape index (κ2) is 10.3. The minimum absolute atomic E-state index is 0.138. The van der Waals surface area contributed by atoms with E-state index in [0.29, 0.717) is 23.9 Å². The van der Waals surface area contributed by atoms with E-state index in [0.717, 1.165) is 5.56 Å². The van der Waals surface area contributed by atoms with E-state index < -0.39 is 6.09 Å². The van der Waals surface area contributed by atoms with Crippen molar-refractivity contribution in [3.8, 4) is 5.75 Å². The highest BCUT2D eigenvalue weighted by molar-refractivity contribution is 6.30. The molecule has 138 valence electrons. The van der Waals surface area contributed by atoms with Crippen LogP contribution in [0.4, 0.5) is 4.79 Å². The highest BCUT2D eigenvalue weighted by Crippen LogP contribution is 2.16. The van der Waals surface area contributed by atoms with Gasteiger partial charge in [0.2, 0.25) is 5.91 Å². The lowest BCUT2D eigenvalue weighted by Gasteiger charge is -2.17. The molecule has 0 unspecified atom stereocenters. The third kappa shape index (κ3) is 7.03. The predicted octanol–water partition coefficient (Wildman–Crippen LogP) is 3.10. The summed E-state index contributed by atoms with van der Waals surface area (Å²) in [5, 5.41) is 3.03. The van der Waals surface area contributed by atoms with Gasteiger partial charge in [0, 0.05) is 12.1 Å². The van der Waals surface area contributed by atoms with Crippen molar-refractivity contribution in [2.24, 2.45) is 0 Å². The van der Waals surface area contributed by atoms with E-state index in [-0.39, 0.29) is 19.1 Å². The minimum atomic E-state index is -0.634. The lowest BCUT2D eigenvalue weighted by molar-refractivity contribution is -0.129. The molecular formula is C19H21ClN2O4. The Morgan fingerprint density at radius 2 is 1.88 bits per heavy atom. The molecule has 0 spiro atoms. The number of halogens is 1. The summed E-state index contributed by atoms with van der Waals surface area (Å²) in [6.07, 6.45) is -0.634. The van der Waals surface area contributed by atoms with Gasteiger partial charge in [-0.05, 0) is 23.8 Å². The van der Waals surface area contributed by atoms with Gasteiger partial charge in [0.15, 0.2) is 0 Å². The van der Waals surface area contributed by atoms with E-state index in [1.165, 1.54) is 4.90 Å². The van der Waals surface area contributed by atoms with Crippen LogP contribution in [0.2, 0.25) is 5.02 Å². The highest BCUT2D eigenvalue weighted by atomic mass is 35.5. The van der Waals surface area contributed by atoms with Crippen molar-refractivity contribution in [2.75, 3.05) is 26.7 Å². The monoisotopic (exact) mass is 376 g/mol. The first kappa shape index (κ1) is 19.6. The molecule has 2 amide bonds. The molecule has 26 heavy (non-hydrogen) atoms. The Bertz CT molecular complexity index is 724. The van der Waals surface area contributed by atoms with Crippen LogP contribution in [-0.4, -0.2) is 43.6 Å². The molecule has 0 saturated carbocycles. The molecule has 2 aromatic carbocycles. The lowest BCUT2D eigenvalue weighted by Crippen LogP contribution is -2.39. The van der Waals surface area contributed by atoms with Crippen LogP contribution in [0.3, 0.4) is 0 Å². The highest BCUT2D eigenvalue weighted by Gasteiger charge is 2.11. The van der Waals surface area contributed by atoms with E-state index in [1.54, 1.807) is 31.3 Å². The van der Waals surface area contributed by atoms with E-state index in [2.05, 4.69) is 5.32 Å². The van der Waals surface area contributed by atoms with Crippen LogP contribution in [-0.2, 0) is 16.1 Å². The molecule has 2 rings (SSSR count). The average molecular weight is 377 g/mol. The maximum Gasteiger partial charge on any atom is 0.407 e. The topological polar surface area (TPSA) is 67.9 Å². The molecule has 7 heteroatoms. The summed E-state index contributed by atoms with van der Waals surface area (Å²) in [4.78, 5) is 25.1. The number of amides is 2. The molecule has 0 aliphatic rings. The summed E-state index contributed by atoms with van der Waals surface area (Å²) in [7, 11) is 1.64. The second-order valence-electron chi connectivity index (χ2n) is 5.54. The van der Waals surface area contributed by atoms with Crippen molar-refractivity contribution in [2.45, 2.75) is 6.61 Å². The molecule has 2 aromatic rings. The standard InChI is InChI=1S/C19H21ClN2O4/c1-22(10-11-25-17-9-5-8-16(20)12-17)18(23)13-21-19(24)26-14-15-6-3-2-4-7-15/h2-9,12H,10-11,13-14H2,1H3,(H,21,24). The summed E-state index contributed by atoms with van der Waals surface area (Å²) in [6.45, 7) is 0.721. The number of nitrogens with one attached hydrogen (secondary N) is 1. The van der Waals surface area contributed by atoms with Gasteiger partial charge in [-0.3, -0.25) is 4.79 Å². The maximum atomic E-state index is 12.0. The van der Waals surface area contributed by atoms with E-state index >= 15 is 0 Å². The van der Waals surface area contributed by atoms with E-state index in [9.17, 15) is 9.59 Å². The van der Waals surface area contributed by atoms with E-state index in [1.807, 2.05) is 30.3 Å². The summed E-state index contributed by atoms with van der Waals surface area (Å²) in [5.41, 5.74) is 0.879. The number of carbonyl (C=O) groups is 2. The van der Waals surface area contributed by atoms with Crippen LogP contribution >= 0.6 is 11.6 Å². The fraction of sp³-hybridized carbons (Fsp3) is 0.263. The summed E-state index contributed by atoms with van der Waals surface area (Å²) in [6, 6.07) is 16.4. The number of benzene rings is 2. The van der Waals surface area contributed by atoms with Crippen molar-refractivity contribution in [3.05, 3.63) is 65.2 Å². The molecular weight excluding hydrogens is 356 g/mol. The van der Waals surface area contributed by atoms with Crippen LogP contribution in [0, 0.1) is 0 Å². The third-order valence-corrected chi connectivity index (χ3v) is 3.75. The molecule has 0 aliphatic heterocycles. The van der Waals surface area contributed by atoms with Crippen molar-refractivity contribution < 1.29 is 19.1 Å². The Morgan fingerprint density at radius 1 is 1.12 bits per heavy atom. The number of nitrogens with zero attached hydrogens (tertiary/aromatic N) is 1. The molecule has 0 bridgehead atoms. The number of rotatable bonds is 8. The summed E-state index contributed by atoms with van der Waals surface area (Å²) >= 11 is 5.88. The van der Waals surface area contributed by atoms with Crippen LogP contribution in [0.5, 0.6) is 5.75 Å². The zero-order valence-electron chi connectivity index (χ0n) is 14.5. The van der Waals surface area contributed by atoms with Crippen molar-refractivity contribution in [1.29, 1.82) is 0 Å². The Kier molecular flexibility index (Phi) is 7.76. The predicted molar refractivity (Wildman–Crippen MR) is 99.2 cm³/mol. The van der Waals surface area contributed by atoms with Gasteiger partial charge >= 0.3 is 6.09 Å². The maximum absolute atomic E-state index is 12.0. The number of ether oxygens (including phenoxy) is 2. The molecule has 0 saturated heterocycles. The average Bonchev–Trinajstić information content (AvgIpc) is 2.65. The van der Waals surface area contributed by atoms with Crippen molar-refractivity contribution in [3.63, 3.8) is 0 Å². The van der Waals surface area contributed by atoms with Crippen LogP contribution in [0.1, 0.15) is 5.56 Å². The third-order valence-electron chi connectivity index (χ3n) is 3.51. The summed E-state index contributed by atoms with van der Waals surface area (Å²) in [5.74, 6) is 0.400. The second-order valence-corrected chi connectivity index (χ2v) is 5.97. The van der Waals surface area contributed by atoms with Crippen LogP contribution in [0.25, 0.3) is 0 Å². The first-order valence-corrected chi connectivity index (χ1v) is 8.49. The van der Waals surface area contributed by atoms with Gasteiger partial charge in [-0.15, -0.1) is 0 Å². The molecule has 0 aliphatic carbocycles. The van der Waals surface area contributed by atoms with Gasteiger partial charge < -0.3 is 19.7 Å². The summed E-state index contributed by atoms with van der Waals surface area (Å²) < 4.78 is 10.6. The van der Waals surface area contributed by atoms with Gasteiger partial charge in [-0.2, -0.15) is 0 Å².